The van der Waals surface area contributed by atoms with Crippen LogP contribution in [0.4, 0.5) is 4.39 Å². The Labute approximate surface area is 177 Å². The van der Waals surface area contributed by atoms with Gasteiger partial charge in [-0.3, -0.25) is 9.89 Å². The topological polar surface area (TPSA) is 114 Å². The molecule has 0 saturated carbocycles. The molecule has 10 heteroatoms. The number of carbonyl (C=O) groups excluding carboxylic acids is 1. The number of nitrogens with one attached hydrogen (secondary N) is 2. The van der Waals surface area contributed by atoms with Gasteiger partial charge in [0, 0.05) is 18.1 Å². The summed E-state index contributed by atoms with van der Waals surface area (Å²) in [6, 6.07) is 11.0. The van der Waals surface area contributed by atoms with Gasteiger partial charge in [0.1, 0.15) is 16.5 Å². The van der Waals surface area contributed by atoms with Gasteiger partial charge >= 0.3 is 0 Å². The number of benzene rings is 2. The number of rotatable bonds is 6. The van der Waals surface area contributed by atoms with Gasteiger partial charge in [0.15, 0.2) is 5.65 Å². The molecule has 0 fully saturated rings. The van der Waals surface area contributed by atoms with Gasteiger partial charge in [0.2, 0.25) is 9.84 Å². The Balaban J connectivity index is 1.49. The number of carbonyl (C=O) groups is 1. The van der Waals surface area contributed by atoms with Crippen molar-refractivity contribution in [2.45, 2.75) is 16.3 Å². The number of aromatic amines is 1. The number of ether oxygens (including phenoxy) is 1. The molecule has 0 saturated heterocycles. The van der Waals surface area contributed by atoms with Gasteiger partial charge in [-0.05, 0) is 42.0 Å². The van der Waals surface area contributed by atoms with Gasteiger partial charge in [0.25, 0.3) is 5.91 Å². The Morgan fingerprint density at radius 1 is 1.13 bits per heavy atom. The van der Waals surface area contributed by atoms with Gasteiger partial charge in [-0.2, -0.15) is 5.10 Å². The number of hydrogen-bond donors (Lipinski definition) is 2. The number of H-pyrrole nitrogens is 1. The fraction of sp³-hybridized carbons (Fsp3) is 0.0952. The second kappa shape index (κ2) is 8.15. The quantitative estimate of drug-likeness (QED) is 0.477. The molecule has 4 aromatic rings. The standard InChI is InChI=1S/C21H17FN4O4S/c1-30-18-7-4-16(22)9-19(18)31(28,29)17-5-2-13(3-6-17)10-24-21(27)15-8-14-12-25-26-20(14)23-11-15/h2-9,11-12H,10H2,1H3,(H,24,27)(H,23,25,26). The molecule has 0 aliphatic carbocycles. The fourth-order valence-corrected chi connectivity index (χ4v) is 4.45. The zero-order valence-corrected chi connectivity index (χ0v) is 17.1. The third-order valence-corrected chi connectivity index (χ3v) is 6.45. The number of sulfone groups is 1. The van der Waals surface area contributed by atoms with Crippen LogP contribution in [0, 0.1) is 5.82 Å². The van der Waals surface area contributed by atoms with Crippen LogP contribution in [0.1, 0.15) is 15.9 Å². The Morgan fingerprint density at radius 2 is 1.90 bits per heavy atom. The Bertz CT molecular complexity index is 1370. The maximum atomic E-state index is 13.6. The summed E-state index contributed by atoms with van der Waals surface area (Å²) < 4.78 is 44.4. The summed E-state index contributed by atoms with van der Waals surface area (Å²) in [6.07, 6.45) is 3.02. The molecular formula is C21H17FN4O4S. The Morgan fingerprint density at radius 3 is 2.65 bits per heavy atom. The average molecular weight is 440 g/mol. The van der Waals surface area contributed by atoms with E-state index in [0.717, 1.165) is 17.5 Å². The molecule has 1 amide bonds. The van der Waals surface area contributed by atoms with Crippen molar-refractivity contribution in [3.8, 4) is 5.75 Å². The summed E-state index contributed by atoms with van der Waals surface area (Å²) in [5.74, 6) is -0.945. The predicted octanol–water partition coefficient (Wildman–Crippen LogP) is 2.87. The van der Waals surface area contributed by atoms with E-state index in [2.05, 4.69) is 20.5 Å². The Hall–Kier alpha value is -3.79. The van der Waals surface area contributed by atoms with Crippen LogP contribution in [-0.4, -0.2) is 36.6 Å². The second-order valence-corrected chi connectivity index (χ2v) is 8.58. The van der Waals surface area contributed by atoms with Crippen molar-refractivity contribution in [1.29, 1.82) is 0 Å². The van der Waals surface area contributed by atoms with E-state index in [1.54, 1.807) is 24.4 Å². The zero-order chi connectivity index (χ0) is 22.0. The molecule has 4 rings (SSSR count). The summed E-state index contributed by atoms with van der Waals surface area (Å²) in [6.45, 7) is 0.186. The first-order chi connectivity index (χ1) is 14.9. The fourth-order valence-electron chi connectivity index (χ4n) is 3.02. The summed E-state index contributed by atoms with van der Waals surface area (Å²) in [5, 5.41) is 10.1. The van der Waals surface area contributed by atoms with Crippen LogP contribution < -0.4 is 10.1 Å². The first-order valence-corrected chi connectivity index (χ1v) is 10.6. The number of amides is 1. The summed E-state index contributed by atoms with van der Waals surface area (Å²) >= 11 is 0. The molecule has 2 heterocycles. The van der Waals surface area contributed by atoms with Crippen LogP contribution in [0.2, 0.25) is 0 Å². The van der Waals surface area contributed by atoms with Crippen molar-refractivity contribution in [3.63, 3.8) is 0 Å². The number of hydrogen-bond acceptors (Lipinski definition) is 6. The number of aromatic nitrogens is 3. The monoisotopic (exact) mass is 440 g/mol. The van der Waals surface area contributed by atoms with Crippen molar-refractivity contribution in [2.75, 3.05) is 7.11 Å². The van der Waals surface area contributed by atoms with Crippen LogP contribution in [0.5, 0.6) is 5.75 Å². The first-order valence-electron chi connectivity index (χ1n) is 9.13. The number of methoxy groups -OCH3 is 1. The van der Waals surface area contributed by atoms with E-state index in [1.165, 1.54) is 31.5 Å². The lowest BCUT2D eigenvalue weighted by molar-refractivity contribution is 0.0950. The molecule has 0 unspecified atom stereocenters. The summed E-state index contributed by atoms with van der Waals surface area (Å²) in [4.78, 5) is 16.2. The highest BCUT2D eigenvalue weighted by Gasteiger charge is 2.23. The number of fused-ring (bicyclic) bond motifs is 1. The number of pyridine rings is 1. The van der Waals surface area contributed by atoms with E-state index in [9.17, 15) is 17.6 Å². The highest BCUT2D eigenvalue weighted by molar-refractivity contribution is 7.91. The van der Waals surface area contributed by atoms with Crippen molar-refractivity contribution in [3.05, 3.63) is 77.9 Å². The maximum Gasteiger partial charge on any atom is 0.253 e. The number of nitrogens with zero attached hydrogens (tertiary/aromatic N) is 2. The maximum absolute atomic E-state index is 13.6. The third-order valence-electron chi connectivity index (χ3n) is 4.66. The molecular weight excluding hydrogens is 423 g/mol. The Kier molecular flexibility index (Phi) is 5.38. The minimum Gasteiger partial charge on any atom is -0.495 e. The molecule has 0 radical (unpaired) electrons. The van der Waals surface area contributed by atoms with Gasteiger partial charge < -0.3 is 10.1 Å². The second-order valence-electron chi connectivity index (χ2n) is 6.66. The van der Waals surface area contributed by atoms with Gasteiger partial charge in [-0.25, -0.2) is 17.8 Å². The predicted molar refractivity (Wildman–Crippen MR) is 110 cm³/mol. The first kappa shape index (κ1) is 20.5. The van der Waals surface area contributed by atoms with Gasteiger partial charge in [-0.1, -0.05) is 12.1 Å². The highest BCUT2D eigenvalue weighted by atomic mass is 32.2. The molecule has 0 aliphatic rings. The van der Waals surface area contributed by atoms with Crippen molar-refractivity contribution >= 4 is 26.8 Å². The molecule has 0 aliphatic heterocycles. The zero-order valence-electron chi connectivity index (χ0n) is 16.3. The van der Waals surface area contributed by atoms with E-state index in [1.807, 2.05) is 0 Å². The molecule has 2 aromatic carbocycles. The number of halogens is 1. The van der Waals surface area contributed by atoms with Gasteiger partial charge in [-0.15, -0.1) is 0 Å². The molecule has 31 heavy (non-hydrogen) atoms. The van der Waals surface area contributed by atoms with Crippen molar-refractivity contribution in [1.82, 2.24) is 20.5 Å². The van der Waals surface area contributed by atoms with E-state index < -0.39 is 15.7 Å². The molecule has 2 aromatic heterocycles. The molecule has 8 nitrogen and oxygen atoms in total. The molecule has 0 spiro atoms. The van der Waals surface area contributed by atoms with Crippen LogP contribution in [0.15, 0.2) is 70.7 Å². The van der Waals surface area contributed by atoms with E-state index >= 15 is 0 Å². The smallest absolute Gasteiger partial charge is 0.253 e. The SMILES string of the molecule is COc1ccc(F)cc1S(=O)(=O)c1ccc(CNC(=O)c2cnc3[nH]ncc3c2)cc1. The summed E-state index contributed by atoms with van der Waals surface area (Å²) in [7, 11) is -2.66. The lowest BCUT2D eigenvalue weighted by Crippen LogP contribution is -2.22. The van der Waals surface area contributed by atoms with Crippen LogP contribution in [-0.2, 0) is 16.4 Å². The lowest BCUT2D eigenvalue weighted by atomic mass is 10.2. The highest BCUT2D eigenvalue weighted by Crippen LogP contribution is 2.30. The molecule has 2 N–H and O–H groups in total. The molecule has 0 atom stereocenters. The molecule has 0 bridgehead atoms. The van der Waals surface area contributed by atoms with E-state index in [4.69, 9.17) is 4.74 Å². The van der Waals surface area contributed by atoms with Crippen molar-refractivity contribution < 1.29 is 22.3 Å². The minimum atomic E-state index is -3.98. The van der Waals surface area contributed by atoms with Crippen LogP contribution in [0.3, 0.4) is 0 Å². The van der Waals surface area contributed by atoms with Gasteiger partial charge in [0.05, 0.1) is 23.8 Å². The third kappa shape index (κ3) is 4.10. The minimum absolute atomic E-state index is 0.0129. The summed E-state index contributed by atoms with van der Waals surface area (Å²) in [5.41, 5.74) is 1.66. The van der Waals surface area contributed by atoms with E-state index in [0.29, 0.717) is 16.8 Å². The largest absolute Gasteiger partial charge is 0.495 e. The lowest BCUT2D eigenvalue weighted by Gasteiger charge is -2.11. The average Bonchev–Trinajstić information content (AvgIpc) is 3.25. The normalized spacial score (nSPS) is 11.4. The van der Waals surface area contributed by atoms with Crippen molar-refractivity contribution in [2.24, 2.45) is 0 Å². The molecule has 158 valence electrons. The van der Waals surface area contributed by atoms with Crippen LogP contribution in [0.25, 0.3) is 11.0 Å². The van der Waals surface area contributed by atoms with E-state index in [-0.39, 0.29) is 28.0 Å². The van der Waals surface area contributed by atoms with Crippen LogP contribution >= 0.6 is 0 Å².